The molecule has 0 atom stereocenters. The number of methoxy groups -OCH3 is 1. The van der Waals surface area contributed by atoms with E-state index in [9.17, 15) is 4.79 Å². The third-order valence-electron chi connectivity index (χ3n) is 9.39. The van der Waals surface area contributed by atoms with Gasteiger partial charge in [-0.15, -0.1) is 0 Å². The van der Waals surface area contributed by atoms with Crippen LogP contribution in [0.5, 0.6) is 0 Å². The quantitative estimate of drug-likeness (QED) is 0.0534. The molecule has 42 heavy (non-hydrogen) atoms. The highest BCUT2D eigenvalue weighted by Crippen LogP contribution is 2.17. The summed E-state index contributed by atoms with van der Waals surface area (Å²) in [7, 11) is 1.48. The zero-order valence-corrected chi connectivity index (χ0v) is 29.6. The van der Waals surface area contributed by atoms with Crippen LogP contribution < -0.4 is 0 Å². The molecule has 0 saturated carbocycles. The monoisotopic (exact) mass is 593 g/mol. The lowest BCUT2D eigenvalue weighted by Crippen LogP contribution is -1.99. The molecule has 0 aliphatic heterocycles. The van der Waals surface area contributed by atoms with Gasteiger partial charge >= 0.3 is 5.97 Å². The first-order valence-electron chi connectivity index (χ1n) is 19.7. The van der Waals surface area contributed by atoms with Crippen LogP contribution >= 0.6 is 0 Å². The molecule has 0 aliphatic carbocycles. The molecule has 0 spiro atoms. The molecular weight excluding hydrogens is 512 g/mol. The Labute approximate surface area is 266 Å². The number of unbranched alkanes of at least 4 members (excludes halogenated alkanes) is 32. The van der Waals surface area contributed by atoms with Crippen LogP contribution in [-0.2, 0) is 9.53 Å². The molecule has 0 rings (SSSR count). The SMILES string of the molecule is COC(=O)CCCCCCCCCCCCCCCCCCCCCCCCCCCCCCCCCCCC(C)C. The first-order valence-corrected chi connectivity index (χ1v) is 19.7. The maximum Gasteiger partial charge on any atom is 0.305 e. The van der Waals surface area contributed by atoms with E-state index in [-0.39, 0.29) is 5.97 Å². The Morgan fingerprint density at radius 2 is 0.548 bits per heavy atom. The first kappa shape index (κ1) is 41.5. The Morgan fingerprint density at radius 1 is 0.357 bits per heavy atom. The van der Waals surface area contributed by atoms with Crippen molar-refractivity contribution in [3.05, 3.63) is 0 Å². The van der Waals surface area contributed by atoms with E-state index in [0.717, 1.165) is 12.3 Å². The lowest BCUT2D eigenvalue weighted by Gasteiger charge is -2.05. The second kappa shape index (κ2) is 36.7. The molecule has 0 heterocycles. The summed E-state index contributed by atoms with van der Waals surface area (Å²) in [5.41, 5.74) is 0. The highest BCUT2D eigenvalue weighted by Gasteiger charge is 2.00. The van der Waals surface area contributed by atoms with Crippen molar-refractivity contribution in [3.63, 3.8) is 0 Å². The molecule has 0 bridgehead atoms. The van der Waals surface area contributed by atoms with Crippen LogP contribution in [-0.4, -0.2) is 13.1 Å². The van der Waals surface area contributed by atoms with E-state index in [1.54, 1.807) is 0 Å². The molecule has 0 aromatic carbocycles. The molecular formula is C40H80O2. The summed E-state index contributed by atoms with van der Waals surface area (Å²) in [5, 5.41) is 0. The average Bonchev–Trinajstić information content (AvgIpc) is 2.98. The van der Waals surface area contributed by atoms with Crippen molar-refractivity contribution >= 4 is 5.97 Å². The lowest BCUT2D eigenvalue weighted by molar-refractivity contribution is -0.140. The van der Waals surface area contributed by atoms with Crippen molar-refractivity contribution in [1.82, 2.24) is 0 Å². The van der Waals surface area contributed by atoms with Gasteiger partial charge in [0.1, 0.15) is 0 Å². The van der Waals surface area contributed by atoms with Gasteiger partial charge in [0.15, 0.2) is 0 Å². The van der Waals surface area contributed by atoms with Gasteiger partial charge in [-0.1, -0.05) is 226 Å². The van der Waals surface area contributed by atoms with Crippen molar-refractivity contribution in [2.75, 3.05) is 7.11 Å². The first-order chi connectivity index (χ1) is 20.7. The molecule has 0 aromatic heterocycles. The Hall–Kier alpha value is -0.530. The fraction of sp³-hybridized carbons (Fsp3) is 0.975. The molecule has 252 valence electrons. The summed E-state index contributed by atoms with van der Waals surface area (Å²) in [4.78, 5) is 11.1. The smallest absolute Gasteiger partial charge is 0.305 e. The van der Waals surface area contributed by atoms with Crippen LogP contribution in [0.15, 0.2) is 0 Å². The molecule has 0 N–H and O–H groups in total. The van der Waals surface area contributed by atoms with Crippen LogP contribution in [0.25, 0.3) is 0 Å². The van der Waals surface area contributed by atoms with Gasteiger partial charge in [-0.3, -0.25) is 4.79 Å². The third-order valence-corrected chi connectivity index (χ3v) is 9.39. The maximum atomic E-state index is 11.1. The van der Waals surface area contributed by atoms with Gasteiger partial charge in [0, 0.05) is 6.42 Å². The van der Waals surface area contributed by atoms with Crippen molar-refractivity contribution < 1.29 is 9.53 Å². The van der Waals surface area contributed by atoms with Crippen molar-refractivity contribution in [1.29, 1.82) is 0 Å². The fourth-order valence-electron chi connectivity index (χ4n) is 6.40. The van der Waals surface area contributed by atoms with Crippen molar-refractivity contribution in [2.45, 2.75) is 239 Å². The van der Waals surface area contributed by atoms with Gasteiger partial charge in [0.2, 0.25) is 0 Å². The molecule has 2 nitrogen and oxygen atoms in total. The van der Waals surface area contributed by atoms with Gasteiger partial charge in [0.05, 0.1) is 7.11 Å². The standard InChI is InChI=1S/C40H80O2/c1-39(2)37-35-33-31-29-27-25-23-21-19-17-15-13-11-9-7-5-4-6-8-10-12-14-16-18-20-22-24-26-28-30-32-34-36-38-40(41)42-3/h39H,4-38H2,1-3H3. The molecule has 0 aliphatic rings. The van der Waals surface area contributed by atoms with E-state index >= 15 is 0 Å². The summed E-state index contributed by atoms with van der Waals surface area (Å²) in [6.07, 6.45) is 49.2. The molecule has 0 saturated heterocycles. The van der Waals surface area contributed by atoms with Crippen LogP contribution in [0.2, 0.25) is 0 Å². The van der Waals surface area contributed by atoms with Gasteiger partial charge in [-0.2, -0.15) is 0 Å². The van der Waals surface area contributed by atoms with E-state index in [4.69, 9.17) is 0 Å². The van der Waals surface area contributed by atoms with Gasteiger partial charge in [-0.25, -0.2) is 0 Å². The number of ether oxygens (including phenoxy) is 1. The number of hydrogen-bond acceptors (Lipinski definition) is 2. The predicted molar refractivity (Wildman–Crippen MR) is 188 cm³/mol. The highest BCUT2D eigenvalue weighted by molar-refractivity contribution is 5.68. The second-order valence-corrected chi connectivity index (χ2v) is 14.2. The van der Waals surface area contributed by atoms with Crippen LogP contribution in [0, 0.1) is 5.92 Å². The van der Waals surface area contributed by atoms with E-state index in [1.165, 1.54) is 219 Å². The maximum absolute atomic E-state index is 11.1. The minimum absolute atomic E-state index is 0.0593. The topological polar surface area (TPSA) is 26.3 Å². The van der Waals surface area contributed by atoms with E-state index in [0.29, 0.717) is 6.42 Å². The molecule has 0 aromatic rings. The molecule has 0 fully saturated rings. The number of esters is 1. The van der Waals surface area contributed by atoms with E-state index in [1.807, 2.05) is 0 Å². The predicted octanol–water partition coefficient (Wildman–Crippen LogP) is 14.5. The average molecular weight is 593 g/mol. The molecule has 2 heteroatoms. The largest absolute Gasteiger partial charge is 0.469 e. The molecule has 0 unspecified atom stereocenters. The van der Waals surface area contributed by atoms with E-state index in [2.05, 4.69) is 18.6 Å². The minimum Gasteiger partial charge on any atom is -0.469 e. The Morgan fingerprint density at radius 3 is 0.738 bits per heavy atom. The van der Waals surface area contributed by atoms with Crippen molar-refractivity contribution in [2.24, 2.45) is 5.92 Å². The van der Waals surface area contributed by atoms with Crippen LogP contribution in [0.3, 0.4) is 0 Å². The van der Waals surface area contributed by atoms with Gasteiger partial charge in [0.25, 0.3) is 0 Å². The summed E-state index contributed by atoms with van der Waals surface area (Å²) < 4.78 is 4.68. The lowest BCUT2D eigenvalue weighted by atomic mass is 10.0. The Balaban J connectivity index is 3.05. The van der Waals surface area contributed by atoms with Crippen LogP contribution in [0.4, 0.5) is 0 Å². The molecule has 0 amide bonds. The number of hydrogen-bond donors (Lipinski definition) is 0. The Kier molecular flexibility index (Phi) is 36.2. The number of rotatable bonds is 36. The van der Waals surface area contributed by atoms with Crippen LogP contribution in [0.1, 0.15) is 239 Å². The van der Waals surface area contributed by atoms with E-state index < -0.39 is 0 Å². The zero-order valence-electron chi connectivity index (χ0n) is 29.6. The number of carbonyl (C=O) groups is 1. The minimum atomic E-state index is -0.0593. The summed E-state index contributed by atoms with van der Waals surface area (Å²) >= 11 is 0. The highest BCUT2D eigenvalue weighted by atomic mass is 16.5. The summed E-state index contributed by atoms with van der Waals surface area (Å²) in [6.45, 7) is 4.69. The van der Waals surface area contributed by atoms with Gasteiger partial charge < -0.3 is 4.74 Å². The third kappa shape index (κ3) is 37.5. The summed E-state index contributed by atoms with van der Waals surface area (Å²) in [5.74, 6) is 0.832. The van der Waals surface area contributed by atoms with Crippen molar-refractivity contribution in [3.8, 4) is 0 Å². The van der Waals surface area contributed by atoms with Gasteiger partial charge in [-0.05, 0) is 12.3 Å². The number of carbonyl (C=O) groups excluding carboxylic acids is 1. The summed E-state index contributed by atoms with van der Waals surface area (Å²) in [6, 6.07) is 0. The zero-order chi connectivity index (χ0) is 30.6. The Bertz CT molecular complexity index is 500. The normalized spacial score (nSPS) is 11.5. The molecule has 0 radical (unpaired) electrons. The fourth-order valence-corrected chi connectivity index (χ4v) is 6.40. The second-order valence-electron chi connectivity index (χ2n) is 14.2.